The lowest BCUT2D eigenvalue weighted by molar-refractivity contribution is 0.286. The van der Waals surface area contributed by atoms with Gasteiger partial charge in [0, 0.05) is 16.7 Å². The molecule has 2 heterocycles. The molecule has 17 heavy (non-hydrogen) atoms. The minimum atomic E-state index is 0.797. The van der Waals surface area contributed by atoms with Gasteiger partial charge < -0.3 is 4.90 Å². The molecule has 3 rings (SSSR count). The second-order valence-electron chi connectivity index (χ2n) is 5.27. The molecule has 0 N–H and O–H groups in total. The molecule has 1 aromatic rings. The Balaban J connectivity index is 1.57. The molecule has 1 nitrogen and oxygen atoms in total. The van der Waals surface area contributed by atoms with Gasteiger partial charge in [0.2, 0.25) is 0 Å². The summed E-state index contributed by atoms with van der Waals surface area (Å²) in [6.45, 7) is 3.94. The number of rotatable bonds is 2. The largest absolute Gasteiger partial charge is 0.302 e. The SMILES string of the molecule is c1ccc2c(c1)CC(CN1CCCCCC1)S2. The zero-order valence-corrected chi connectivity index (χ0v) is 11.2. The van der Waals surface area contributed by atoms with Crippen LogP contribution in [-0.4, -0.2) is 29.8 Å². The quantitative estimate of drug-likeness (QED) is 0.786. The Labute approximate surface area is 109 Å². The van der Waals surface area contributed by atoms with Crippen LogP contribution in [0, 0.1) is 0 Å². The third-order valence-electron chi connectivity index (χ3n) is 3.87. The van der Waals surface area contributed by atoms with E-state index in [4.69, 9.17) is 0 Å². The zero-order chi connectivity index (χ0) is 11.5. The number of likely N-dealkylation sites (tertiary alicyclic amines) is 1. The summed E-state index contributed by atoms with van der Waals surface area (Å²) in [5.74, 6) is 0. The lowest BCUT2D eigenvalue weighted by atomic mass is 10.1. The first-order chi connectivity index (χ1) is 8.42. The molecule has 0 radical (unpaired) electrons. The lowest BCUT2D eigenvalue weighted by Gasteiger charge is -2.22. The van der Waals surface area contributed by atoms with E-state index < -0.39 is 0 Å². The van der Waals surface area contributed by atoms with Crippen molar-refractivity contribution >= 4 is 11.8 Å². The van der Waals surface area contributed by atoms with E-state index in [9.17, 15) is 0 Å². The maximum atomic E-state index is 2.69. The molecular weight excluding hydrogens is 226 g/mol. The van der Waals surface area contributed by atoms with Gasteiger partial charge in [0.15, 0.2) is 0 Å². The molecule has 2 heteroatoms. The molecule has 0 amide bonds. The Morgan fingerprint density at radius 3 is 2.59 bits per heavy atom. The van der Waals surface area contributed by atoms with Crippen molar-refractivity contribution in [3.63, 3.8) is 0 Å². The number of benzene rings is 1. The van der Waals surface area contributed by atoms with Crippen LogP contribution in [0.15, 0.2) is 29.2 Å². The number of thioether (sulfide) groups is 1. The Morgan fingerprint density at radius 2 is 1.82 bits per heavy atom. The van der Waals surface area contributed by atoms with E-state index in [0.29, 0.717) is 0 Å². The van der Waals surface area contributed by atoms with E-state index in [-0.39, 0.29) is 0 Å². The molecule has 2 aliphatic heterocycles. The molecule has 92 valence electrons. The normalized spacial score (nSPS) is 25.5. The third-order valence-corrected chi connectivity index (χ3v) is 5.18. The summed E-state index contributed by atoms with van der Waals surface area (Å²) in [7, 11) is 0. The van der Waals surface area contributed by atoms with Crippen molar-refractivity contribution in [2.45, 2.75) is 42.2 Å². The molecule has 1 atom stereocenters. The monoisotopic (exact) mass is 247 g/mol. The summed E-state index contributed by atoms with van der Waals surface area (Å²) in [6.07, 6.45) is 6.97. The number of fused-ring (bicyclic) bond motifs is 1. The molecule has 0 bridgehead atoms. The van der Waals surface area contributed by atoms with E-state index in [2.05, 4.69) is 40.9 Å². The highest BCUT2D eigenvalue weighted by molar-refractivity contribution is 8.00. The van der Waals surface area contributed by atoms with Crippen LogP contribution in [-0.2, 0) is 6.42 Å². The van der Waals surface area contributed by atoms with Gasteiger partial charge >= 0.3 is 0 Å². The lowest BCUT2D eigenvalue weighted by Crippen LogP contribution is -2.31. The Hall–Kier alpha value is -0.470. The zero-order valence-electron chi connectivity index (χ0n) is 10.4. The predicted molar refractivity (Wildman–Crippen MR) is 74.7 cm³/mol. The summed E-state index contributed by atoms with van der Waals surface area (Å²) in [6, 6.07) is 8.92. The second kappa shape index (κ2) is 5.45. The van der Waals surface area contributed by atoms with Crippen molar-refractivity contribution in [1.82, 2.24) is 4.90 Å². The van der Waals surface area contributed by atoms with Crippen molar-refractivity contribution in [3.8, 4) is 0 Å². The number of nitrogens with zero attached hydrogens (tertiary/aromatic N) is 1. The molecule has 2 aliphatic rings. The van der Waals surface area contributed by atoms with E-state index >= 15 is 0 Å². The van der Waals surface area contributed by atoms with Gasteiger partial charge in [-0.05, 0) is 44.0 Å². The molecule has 0 spiro atoms. The Kier molecular flexibility index (Phi) is 3.72. The molecule has 1 saturated heterocycles. The maximum Gasteiger partial charge on any atom is 0.0263 e. The Bertz CT molecular complexity index is 344. The molecule has 0 aromatic heterocycles. The fourth-order valence-electron chi connectivity index (χ4n) is 2.96. The average molecular weight is 247 g/mol. The van der Waals surface area contributed by atoms with Gasteiger partial charge in [0.1, 0.15) is 0 Å². The minimum Gasteiger partial charge on any atom is -0.302 e. The van der Waals surface area contributed by atoms with Crippen LogP contribution in [0.1, 0.15) is 31.2 Å². The molecule has 1 fully saturated rings. The molecule has 0 saturated carbocycles. The van der Waals surface area contributed by atoms with Gasteiger partial charge in [0.05, 0.1) is 0 Å². The number of hydrogen-bond acceptors (Lipinski definition) is 2. The first kappa shape index (κ1) is 11.6. The van der Waals surface area contributed by atoms with E-state index in [1.807, 2.05) is 0 Å². The van der Waals surface area contributed by atoms with Crippen LogP contribution in [0.25, 0.3) is 0 Å². The van der Waals surface area contributed by atoms with Crippen molar-refractivity contribution in [2.75, 3.05) is 19.6 Å². The van der Waals surface area contributed by atoms with Crippen molar-refractivity contribution in [3.05, 3.63) is 29.8 Å². The van der Waals surface area contributed by atoms with Gasteiger partial charge in [-0.1, -0.05) is 31.0 Å². The maximum absolute atomic E-state index is 2.69. The van der Waals surface area contributed by atoms with Crippen LogP contribution in [0.5, 0.6) is 0 Å². The highest BCUT2D eigenvalue weighted by Gasteiger charge is 2.24. The van der Waals surface area contributed by atoms with Gasteiger partial charge in [-0.25, -0.2) is 0 Å². The minimum absolute atomic E-state index is 0.797. The summed E-state index contributed by atoms with van der Waals surface area (Å²) in [4.78, 5) is 4.21. The van der Waals surface area contributed by atoms with E-state index in [0.717, 1.165) is 5.25 Å². The van der Waals surface area contributed by atoms with Crippen molar-refractivity contribution in [1.29, 1.82) is 0 Å². The van der Waals surface area contributed by atoms with Crippen LogP contribution < -0.4 is 0 Å². The van der Waals surface area contributed by atoms with Crippen molar-refractivity contribution in [2.24, 2.45) is 0 Å². The topological polar surface area (TPSA) is 3.24 Å². The van der Waals surface area contributed by atoms with E-state index in [1.165, 1.54) is 56.6 Å². The first-order valence-corrected chi connectivity index (χ1v) is 7.77. The smallest absolute Gasteiger partial charge is 0.0263 e. The summed E-state index contributed by atoms with van der Waals surface area (Å²) in [5.41, 5.74) is 1.57. The standard InChI is InChI=1S/C15H21NS/c1-2-6-10-16(9-5-1)12-14-11-13-7-3-4-8-15(13)17-14/h3-4,7-8,14H,1-2,5-6,9-12H2. The summed E-state index contributed by atoms with van der Waals surface area (Å²) in [5, 5.41) is 0.797. The molecule has 1 unspecified atom stereocenters. The van der Waals surface area contributed by atoms with Gasteiger partial charge in [-0.3, -0.25) is 0 Å². The van der Waals surface area contributed by atoms with Crippen molar-refractivity contribution < 1.29 is 0 Å². The summed E-state index contributed by atoms with van der Waals surface area (Å²) < 4.78 is 0. The molecule has 0 aliphatic carbocycles. The average Bonchev–Trinajstić information content (AvgIpc) is 2.57. The highest BCUT2D eigenvalue weighted by atomic mass is 32.2. The first-order valence-electron chi connectivity index (χ1n) is 6.89. The van der Waals surface area contributed by atoms with Crippen LogP contribution in [0.2, 0.25) is 0 Å². The van der Waals surface area contributed by atoms with Crippen LogP contribution >= 0.6 is 11.8 Å². The third kappa shape index (κ3) is 2.86. The fraction of sp³-hybridized carbons (Fsp3) is 0.600. The molecular formula is C15H21NS. The summed E-state index contributed by atoms with van der Waals surface area (Å²) >= 11 is 2.09. The highest BCUT2D eigenvalue weighted by Crippen LogP contribution is 2.37. The van der Waals surface area contributed by atoms with Gasteiger partial charge in [-0.2, -0.15) is 0 Å². The van der Waals surface area contributed by atoms with Gasteiger partial charge in [0.25, 0.3) is 0 Å². The molecule has 1 aromatic carbocycles. The van der Waals surface area contributed by atoms with Gasteiger partial charge in [-0.15, -0.1) is 11.8 Å². The van der Waals surface area contributed by atoms with E-state index in [1.54, 1.807) is 5.56 Å². The number of hydrogen-bond donors (Lipinski definition) is 0. The van der Waals surface area contributed by atoms with Crippen LogP contribution in [0.4, 0.5) is 0 Å². The Morgan fingerprint density at radius 1 is 1.06 bits per heavy atom. The van der Waals surface area contributed by atoms with Crippen LogP contribution in [0.3, 0.4) is 0 Å². The predicted octanol–water partition coefficient (Wildman–Crippen LogP) is 3.58. The fourth-order valence-corrected chi connectivity index (χ4v) is 4.33. The second-order valence-corrected chi connectivity index (χ2v) is 6.61.